The molecule has 1 fully saturated rings. The predicted octanol–water partition coefficient (Wildman–Crippen LogP) is 6.22. The molecule has 1 nitrogen and oxygen atoms in total. The van der Waals surface area contributed by atoms with Crippen molar-refractivity contribution in [2.75, 3.05) is 6.54 Å². The summed E-state index contributed by atoms with van der Waals surface area (Å²) in [5.41, 5.74) is 1.39. The number of nitrogens with one attached hydrogen (secondary N) is 1. The average molecular weight is 358 g/mol. The van der Waals surface area contributed by atoms with Gasteiger partial charge in [0.2, 0.25) is 0 Å². The van der Waals surface area contributed by atoms with Crippen molar-refractivity contribution in [1.82, 2.24) is 5.32 Å². The Morgan fingerprint density at radius 3 is 2.45 bits per heavy atom. The SMILES string of the molecule is CCCNC(c1cc(C)c(Br)s1)C1CCCCCCC1. The fourth-order valence-corrected chi connectivity index (χ4v) is 5.00. The topological polar surface area (TPSA) is 12.0 Å². The lowest BCUT2D eigenvalue weighted by molar-refractivity contribution is 0.291. The fourth-order valence-electron chi connectivity index (χ4n) is 3.26. The second kappa shape index (κ2) is 8.55. The zero-order chi connectivity index (χ0) is 14.4. The van der Waals surface area contributed by atoms with Gasteiger partial charge in [-0.2, -0.15) is 0 Å². The maximum absolute atomic E-state index is 3.83. The summed E-state index contributed by atoms with van der Waals surface area (Å²) in [5.74, 6) is 0.826. The van der Waals surface area contributed by atoms with Gasteiger partial charge in [0.05, 0.1) is 3.79 Å². The first kappa shape index (κ1) is 16.5. The Kier molecular flexibility index (Phi) is 7.06. The molecule has 1 saturated carbocycles. The predicted molar refractivity (Wildman–Crippen MR) is 93.6 cm³/mol. The summed E-state index contributed by atoms with van der Waals surface area (Å²) >= 11 is 5.63. The van der Waals surface area contributed by atoms with E-state index >= 15 is 0 Å². The van der Waals surface area contributed by atoms with Crippen LogP contribution in [0.5, 0.6) is 0 Å². The van der Waals surface area contributed by atoms with Crippen molar-refractivity contribution in [3.8, 4) is 0 Å². The largest absolute Gasteiger partial charge is 0.309 e. The Hall–Kier alpha value is 0.140. The highest BCUT2D eigenvalue weighted by Gasteiger charge is 2.25. The van der Waals surface area contributed by atoms with Gasteiger partial charge in [-0.3, -0.25) is 0 Å². The molecule has 2 rings (SSSR count). The molecular weight excluding hydrogens is 330 g/mol. The Bertz CT molecular complexity index is 374. The quantitative estimate of drug-likeness (QED) is 0.659. The zero-order valence-corrected chi connectivity index (χ0v) is 15.3. The number of rotatable bonds is 5. The number of hydrogen-bond donors (Lipinski definition) is 1. The normalized spacial score (nSPS) is 19.6. The van der Waals surface area contributed by atoms with E-state index in [-0.39, 0.29) is 0 Å². The van der Waals surface area contributed by atoms with Gasteiger partial charge in [-0.1, -0.05) is 39.0 Å². The third-order valence-electron chi connectivity index (χ3n) is 4.42. The van der Waals surface area contributed by atoms with Crippen molar-refractivity contribution in [1.29, 1.82) is 0 Å². The van der Waals surface area contributed by atoms with Crippen molar-refractivity contribution < 1.29 is 0 Å². The van der Waals surface area contributed by atoms with Crippen LogP contribution in [0.15, 0.2) is 9.85 Å². The number of hydrogen-bond acceptors (Lipinski definition) is 2. The van der Waals surface area contributed by atoms with Crippen LogP contribution in [-0.2, 0) is 0 Å². The van der Waals surface area contributed by atoms with E-state index < -0.39 is 0 Å². The van der Waals surface area contributed by atoms with Crippen LogP contribution in [0.3, 0.4) is 0 Å². The lowest BCUT2D eigenvalue weighted by Crippen LogP contribution is -2.29. The van der Waals surface area contributed by atoms with Crippen LogP contribution < -0.4 is 5.32 Å². The molecule has 20 heavy (non-hydrogen) atoms. The first-order valence-corrected chi connectivity index (χ1v) is 9.82. The molecule has 3 heteroatoms. The Balaban J connectivity index is 2.12. The lowest BCUT2D eigenvalue weighted by atomic mass is 9.85. The van der Waals surface area contributed by atoms with Crippen LogP contribution in [0.2, 0.25) is 0 Å². The summed E-state index contributed by atoms with van der Waals surface area (Å²) in [7, 11) is 0. The lowest BCUT2D eigenvalue weighted by Gasteiger charge is -2.29. The molecule has 1 heterocycles. The molecule has 1 atom stereocenters. The van der Waals surface area contributed by atoms with Gasteiger partial charge < -0.3 is 5.32 Å². The molecule has 1 aliphatic carbocycles. The zero-order valence-electron chi connectivity index (χ0n) is 12.9. The minimum Gasteiger partial charge on any atom is -0.309 e. The molecule has 0 aromatic carbocycles. The van der Waals surface area contributed by atoms with Crippen LogP contribution >= 0.6 is 27.3 Å². The maximum Gasteiger partial charge on any atom is 0.0731 e. The van der Waals surface area contributed by atoms with Crippen molar-refractivity contribution in [2.45, 2.75) is 71.3 Å². The molecule has 0 bridgehead atoms. The molecule has 1 aromatic rings. The summed E-state index contributed by atoms with van der Waals surface area (Å²) in [6.07, 6.45) is 11.2. The molecule has 1 unspecified atom stereocenters. The molecule has 0 aliphatic heterocycles. The van der Waals surface area contributed by atoms with E-state index in [1.54, 1.807) is 0 Å². The van der Waals surface area contributed by atoms with Crippen LogP contribution in [-0.4, -0.2) is 6.54 Å². The summed E-state index contributed by atoms with van der Waals surface area (Å²) in [6, 6.07) is 2.96. The molecular formula is C17H28BrNS. The van der Waals surface area contributed by atoms with Gasteiger partial charge >= 0.3 is 0 Å². The van der Waals surface area contributed by atoms with Gasteiger partial charge in [0.15, 0.2) is 0 Å². The van der Waals surface area contributed by atoms with Gasteiger partial charge in [-0.25, -0.2) is 0 Å². The molecule has 1 aromatic heterocycles. The molecule has 114 valence electrons. The Morgan fingerprint density at radius 1 is 1.25 bits per heavy atom. The highest BCUT2D eigenvalue weighted by atomic mass is 79.9. The first-order valence-electron chi connectivity index (χ1n) is 8.21. The van der Waals surface area contributed by atoms with Crippen LogP contribution in [0.1, 0.15) is 74.8 Å². The highest BCUT2D eigenvalue weighted by Crippen LogP contribution is 2.38. The van der Waals surface area contributed by atoms with Crippen molar-refractivity contribution >= 4 is 27.3 Å². The van der Waals surface area contributed by atoms with Gasteiger partial charge in [0.25, 0.3) is 0 Å². The summed E-state index contributed by atoms with van der Waals surface area (Å²) in [4.78, 5) is 1.54. The van der Waals surface area contributed by atoms with Crippen molar-refractivity contribution in [2.24, 2.45) is 5.92 Å². The van der Waals surface area contributed by atoms with E-state index in [1.807, 2.05) is 11.3 Å². The highest BCUT2D eigenvalue weighted by molar-refractivity contribution is 9.11. The molecule has 0 spiro atoms. The minimum atomic E-state index is 0.572. The number of aryl methyl sites for hydroxylation is 1. The van der Waals surface area contributed by atoms with Crippen molar-refractivity contribution in [3.63, 3.8) is 0 Å². The van der Waals surface area contributed by atoms with E-state index in [0.717, 1.165) is 12.5 Å². The monoisotopic (exact) mass is 357 g/mol. The van der Waals surface area contributed by atoms with E-state index in [4.69, 9.17) is 0 Å². The molecule has 0 saturated heterocycles. The summed E-state index contributed by atoms with van der Waals surface area (Å²) < 4.78 is 1.31. The van der Waals surface area contributed by atoms with Crippen molar-refractivity contribution in [3.05, 3.63) is 20.3 Å². The van der Waals surface area contributed by atoms with E-state index in [2.05, 4.69) is 41.2 Å². The second-order valence-corrected chi connectivity index (χ2v) is 8.54. The standard InChI is InChI=1S/C17H28BrNS/c1-3-11-19-16(15-12-13(2)17(18)20-15)14-9-7-5-4-6-8-10-14/h12,14,16,19H,3-11H2,1-2H3. The molecule has 0 amide bonds. The Morgan fingerprint density at radius 2 is 1.90 bits per heavy atom. The minimum absolute atomic E-state index is 0.572. The van der Waals surface area contributed by atoms with Gasteiger partial charge in [-0.15, -0.1) is 11.3 Å². The van der Waals surface area contributed by atoms with Gasteiger partial charge in [-0.05, 0) is 66.2 Å². The number of thiophene rings is 1. The average Bonchev–Trinajstić information content (AvgIpc) is 2.71. The summed E-state index contributed by atoms with van der Waals surface area (Å²) in [5, 5.41) is 3.83. The fraction of sp³-hybridized carbons (Fsp3) is 0.765. The molecule has 0 radical (unpaired) electrons. The van der Waals surface area contributed by atoms with E-state index in [9.17, 15) is 0 Å². The first-order chi connectivity index (χ1) is 9.72. The molecule has 1 N–H and O–H groups in total. The Labute approximate surface area is 136 Å². The van der Waals surface area contributed by atoms with E-state index in [1.165, 1.54) is 65.6 Å². The third kappa shape index (κ3) is 4.57. The van der Waals surface area contributed by atoms with Crippen LogP contribution in [0, 0.1) is 12.8 Å². The third-order valence-corrected chi connectivity index (χ3v) is 6.64. The molecule has 1 aliphatic rings. The van der Waals surface area contributed by atoms with Gasteiger partial charge in [0.1, 0.15) is 0 Å². The second-order valence-electron chi connectivity index (χ2n) is 6.14. The smallest absolute Gasteiger partial charge is 0.0731 e. The van der Waals surface area contributed by atoms with Crippen LogP contribution in [0.25, 0.3) is 0 Å². The number of halogens is 1. The van der Waals surface area contributed by atoms with Crippen LogP contribution in [0.4, 0.5) is 0 Å². The summed E-state index contributed by atoms with van der Waals surface area (Å²) in [6.45, 7) is 5.60. The van der Waals surface area contributed by atoms with Gasteiger partial charge in [0, 0.05) is 10.9 Å². The van der Waals surface area contributed by atoms with E-state index in [0.29, 0.717) is 6.04 Å². The maximum atomic E-state index is 3.83.